The van der Waals surface area contributed by atoms with E-state index in [1.54, 1.807) is 6.07 Å². The molecular formula is C10H11NO3. The zero-order valence-electron chi connectivity index (χ0n) is 7.78. The lowest BCUT2D eigenvalue weighted by Crippen LogP contribution is -2.11. The molecule has 0 aliphatic rings. The molecule has 0 spiro atoms. The molecule has 14 heavy (non-hydrogen) atoms. The number of nitrogens with two attached hydrogens (primary N) is 1. The Morgan fingerprint density at radius 2 is 2.21 bits per heavy atom. The molecule has 3 N–H and O–H groups in total. The quantitative estimate of drug-likeness (QED) is 0.700. The molecule has 0 unspecified atom stereocenters. The largest absolute Gasteiger partial charge is 0.504 e. The van der Waals surface area contributed by atoms with E-state index in [9.17, 15) is 9.90 Å². The molecule has 0 fully saturated rings. The van der Waals surface area contributed by atoms with Crippen molar-refractivity contribution in [1.82, 2.24) is 0 Å². The van der Waals surface area contributed by atoms with E-state index >= 15 is 0 Å². The molecule has 0 radical (unpaired) electrons. The number of hydrogen-bond acceptors (Lipinski definition) is 3. The summed E-state index contributed by atoms with van der Waals surface area (Å²) in [7, 11) is 1.42. The summed E-state index contributed by atoms with van der Waals surface area (Å²) in [5.41, 5.74) is 5.77. The third-order valence-corrected chi connectivity index (χ3v) is 1.83. The fourth-order valence-electron chi connectivity index (χ4n) is 1.01. The molecule has 1 amide bonds. The number of aromatic hydroxyl groups is 1. The van der Waals surface area contributed by atoms with Gasteiger partial charge in [-0.15, -0.1) is 0 Å². The fraction of sp³-hybridized carbons (Fsp3) is 0.100. The van der Waals surface area contributed by atoms with E-state index in [0.29, 0.717) is 5.56 Å². The molecule has 0 bridgehead atoms. The molecule has 0 saturated carbocycles. The summed E-state index contributed by atoms with van der Waals surface area (Å²) in [6, 6.07) is 4.47. The number of carbonyl (C=O) groups excluding carboxylic acids is 1. The lowest BCUT2D eigenvalue weighted by atomic mass is 10.1. The van der Waals surface area contributed by atoms with Crippen LogP contribution in [0.3, 0.4) is 0 Å². The van der Waals surface area contributed by atoms with Gasteiger partial charge in [0, 0.05) is 5.57 Å². The van der Waals surface area contributed by atoms with Gasteiger partial charge < -0.3 is 15.6 Å². The molecule has 1 aromatic rings. The van der Waals surface area contributed by atoms with Gasteiger partial charge >= 0.3 is 0 Å². The van der Waals surface area contributed by atoms with Crippen LogP contribution < -0.4 is 10.5 Å². The first kappa shape index (κ1) is 10.1. The van der Waals surface area contributed by atoms with Crippen LogP contribution in [-0.2, 0) is 4.79 Å². The monoisotopic (exact) mass is 193 g/mol. The number of amides is 1. The van der Waals surface area contributed by atoms with Gasteiger partial charge in [-0.1, -0.05) is 12.6 Å². The van der Waals surface area contributed by atoms with Gasteiger partial charge in [0.15, 0.2) is 11.5 Å². The number of benzene rings is 1. The van der Waals surface area contributed by atoms with Gasteiger partial charge in [-0.25, -0.2) is 0 Å². The van der Waals surface area contributed by atoms with E-state index < -0.39 is 5.91 Å². The third-order valence-electron chi connectivity index (χ3n) is 1.83. The molecule has 0 saturated heterocycles. The highest BCUT2D eigenvalue weighted by molar-refractivity contribution is 6.17. The first-order chi connectivity index (χ1) is 6.56. The molecule has 0 heterocycles. The smallest absolute Gasteiger partial charge is 0.248 e. The number of methoxy groups -OCH3 is 1. The molecule has 0 aliphatic carbocycles. The summed E-state index contributed by atoms with van der Waals surface area (Å²) in [6.45, 7) is 3.52. The Bertz CT molecular complexity index is 385. The molecule has 0 aliphatic heterocycles. The average Bonchev–Trinajstić information content (AvgIpc) is 2.17. The van der Waals surface area contributed by atoms with Crippen molar-refractivity contribution >= 4 is 11.5 Å². The van der Waals surface area contributed by atoms with E-state index in [4.69, 9.17) is 10.5 Å². The second kappa shape index (κ2) is 3.83. The highest BCUT2D eigenvalue weighted by Gasteiger charge is 2.08. The zero-order chi connectivity index (χ0) is 10.7. The number of primary amides is 1. The average molecular weight is 193 g/mol. The standard InChI is InChI=1S/C10H11NO3/c1-6(10(11)13)7-3-4-8(12)9(5-7)14-2/h3-5,12H,1H2,2H3,(H2,11,13). The Hall–Kier alpha value is -1.97. The van der Waals surface area contributed by atoms with Gasteiger partial charge in [-0.2, -0.15) is 0 Å². The van der Waals surface area contributed by atoms with Crippen LogP contribution in [0.15, 0.2) is 24.8 Å². The highest BCUT2D eigenvalue weighted by atomic mass is 16.5. The van der Waals surface area contributed by atoms with E-state index in [-0.39, 0.29) is 17.1 Å². The molecule has 74 valence electrons. The predicted octanol–water partition coefficient (Wildman–Crippen LogP) is 0.899. The number of phenols is 1. The van der Waals surface area contributed by atoms with Crippen LogP contribution in [0.4, 0.5) is 0 Å². The van der Waals surface area contributed by atoms with Gasteiger partial charge in [0.2, 0.25) is 5.91 Å². The second-order valence-electron chi connectivity index (χ2n) is 2.73. The van der Waals surface area contributed by atoms with Crippen LogP contribution in [-0.4, -0.2) is 18.1 Å². The Morgan fingerprint density at radius 1 is 1.57 bits per heavy atom. The molecule has 1 aromatic carbocycles. The summed E-state index contributed by atoms with van der Waals surface area (Å²) < 4.78 is 4.87. The molecule has 0 aromatic heterocycles. The Balaban J connectivity index is 3.12. The predicted molar refractivity (Wildman–Crippen MR) is 52.9 cm³/mol. The minimum atomic E-state index is -0.599. The molecule has 0 atom stereocenters. The molecule has 1 rings (SSSR count). The van der Waals surface area contributed by atoms with Gasteiger partial charge in [0.05, 0.1) is 7.11 Å². The lowest BCUT2D eigenvalue weighted by Gasteiger charge is -2.06. The minimum Gasteiger partial charge on any atom is -0.504 e. The summed E-state index contributed by atoms with van der Waals surface area (Å²) in [5.74, 6) is -0.309. The molecule has 4 heteroatoms. The van der Waals surface area contributed by atoms with E-state index in [1.807, 2.05) is 0 Å². The van der Waals surface area contributed by atoms with E-state index in [1.165, 1.54) is 19.2 Å². The number of hydrogen-bond donors (Lipinski definition) is 2. The van der Waals surface area contributed by atoms with Gasteiger partial charge in [0.25, 0.3) is 0 Å². The number of phenolic OH excluding ortho intramolecular Hbond substituents is 1. The summed E-state index contributed by atoms with van der Waals surface area (Å²) >= 11 is 0. The third kappa shape index (κ3) is 1.85. The second-order valence-corrected chi connectivity index (χ2v) is 2.73. The maximum Gasteiger partial charge on any atom is 0.248 e. The van der Waals surface area contributed by atoms with Crippen LogP contribution in [0.5, 0.6) is 11.5 Å². The topological polar surface area (TPSA) is 72.6 Å². The molecular weight excluding hydrogens is 182 g/mol. The van der Waals surface area contributed by atoms with Crippen molar-refractivity contribution in [2.75, 3.05) is 7.11 Å². The van der Waals surface area contributed by atoms with Crippen LogP contribution in [0.2, 0.25) is 0 Å². The number of rotatable bonds is 3. The van der Waals surface area contributed by atoms with Gasteiger partial charge in [0.1, 0.15) is 0 Å². The fourth-order valence-corrected chi connectivity index (χ4v) is 1.01. The van der Waals surface area contributed by atoms with Crippen molar-refractivity contribution in [3.8, 4) is 11.5 Å². The van der Waals surface area contributed by atoms with E-state index in [0.717, 1.165) is 0 Å². The van der Waals surface area contributed by atoms with Crippen LogP contribution in [0.25, 0.3) is 5.57 Å². The minimum absolute atomic E-state index is 0.00789. The van der Waals surface area contributed by atoms with Crippen molar-refractivity contribution in [3.05, 3.63) is 30.3 Å². The summed E-state index contributed by atoms with van der Waals surface area (Å²) in [6.07, 6.45) is 0. The van der Waals surface area contributed by atoms with E-state index in [2.05, 4.69) is 6.58 Å². The first-order valence-corrected chi connectivity index (χ1v) is 3.92. The zero-order valence-corrected chi connectivity index (χ0v) is 7.78. The Morgan fingerprint density at radius 3 is 2.71 bits per heavy atom. The van der Waals surface area contributed by atoms with Crippen molar-refractivity contribution in [2.45, 2.75) is 0 Å². The number of carbonyl (C=O) groups is 1. The number of ether oxygens (including phenoxy) is 1. The summed E-state index contributed by atoms with van der Waals surface area (Å²) in [5, 5.41) is 9.28. The highest BCUT2D eigenvalue weighted by Crippen LogP contribution is 2.28. The van der Waals surface area contributed by atoms with Crippen molar-refractivity contribution in [2.24, 2.45) is 5.73 Å². The Labute approximate surface area is 81.6 Å². The first-order valence-electron chi connectivity index (χ1n) is 3.92. The lowest BCUT2D eigenvalue weighted by molar-refractivity contribution is -0.112. The van der Waals surface area contributed by atoms with Crippen molar-refractivity contribution < 1.29 is 14.6 Å². The normalized spacial score (nSPS) is 9.50. The van der Waals surface area contributed by atoms with Crippen molar-refractivity contribution in [3.63, 3.8) is 0 Å². The van der Waals surface area contributed by atoms with Crippen LogP contribution in [0.1, 0.15) is 5.56 Å². The van der Waals surface area contributed by atoms with Gasteiger partial charge in [-0.05, 0) is 17.7 Å². The maximum absolute atomic E-state index is 10.8. The Kier molecular flexibility index (Phi) is 2.76. The van der Waals surface area contributed by atoms with Gasteiger partial charge in [-0.3, -0.25) is 4.79 Å². The van der Waals surface area contributed by atoms with Crippen LogP contribution >= 0.6 is 0 Å². The molecule has 4 nitrogen and oxygen atoms in total. The SMILES string of the molecule is C=C(C(N)=O)c1ccc(O)c(OC)c1. The van der Waals surface area contributed by atoms with Crippen LogP contribution in [0, 0.1) is 0 Å². The maximum atomic E-state index is 10.8. The van der Waals surface area contributed by atoms with Crippen molar-refractivity contribution in [1.29, 1.82) is 0 Å². The summed E-state index contributed by atoms with van der Waals surface area (Å²) in [4.78, 5) is 10.8.